The van der Waals surface area contributed by atoms with E-state index >= 15 is 0 Å². The number of ether oxygens (including phenoxy) is 8. The van der Waals surface area contributed by atoms with Crippen molar-refractivity contribution in [1.29, 1.82) is 0 Å². The lowest BCUT2D eigenvalue weighted by atomic mass is 9.66. The molecule has 42 heavy (non-hydrogen) atoms. The fourth-order valence-corrected chi connectivity index (χ4v) is 5.94. The van der Waals surface area contributed by atoms with Crippen molar-refractivity contribution in [3.05, 3.63) is 70.8 Å². The number of fused-ring (bicyclic) bond motifs is 3. The molecule has 3 aromatic rings. The van der Waals surface area contributed by atoms with E-state index in [2.05, 4.69) is 0 Å². The summed E-state index contributed by atoms with van der Waals surface area (Å²) >= 11 is 0. The number of methoxy groups -OCH3 is 3. The van der Waals surface area contributed by atoms with Crippen molar-refractivity contribution in [3.63, 3.8) is 0 Å². The molecule has 0 bridgehead atoms. The number of carbonyl (C=O) groups excluding carboxylic acids is 3. The minimum atomic E-state index is -0.817. The van der Waals surface area contributed by atoms with Gasteiger partial charge in [0.2, 0.25) is 12.5 Å². The molecule has 1 aliphatic carbocycles. The second kappa shape index (κ2) is 11.2. The molecule has 11 nitrogen and oxygen atoms in total. The van der Waals surface area contributed by atoms with Gasteiger partial charge in [0, 0.05) is 17.4 Å². The Bertz CT molecular complexity index is 1510. The number of benzene rings is 3. The van der Waals surface area contributed by atoms with E-state index in [-0.39, 0.29) is 25.6 Å². The normalized spacial score (nSPS) is 21.5. The van der Waals surface area contributed by atoms with E-state index in [1.54, 1.807) is 30.3 Å². The third-order valence-electron chi connectivity index (χ3n) is 7.81. The number of hydrogen-bond acceptors (Lipinski definition) is 11. The van der Waals surface area contributed by atoms with Crippen LogP contribution < -0.4 is 28.4 Å². The first-order chi connectivity index (χ1) is 20.5. The summed E-state index contributed by atoms with van der Waals surface area (Å²) in [4.78, 5) is 37.3. The number of aldehydes is 1. The summed E-state index contributed by atoms with van der Waals surface area (Å²) in [6.07, 6.45) is -0.177. The summed E-state index contributed by atoms with van der Waals surface area (Å²) in [6, 6.07) is 13.5. The summed E-state index contributed by atoms with van der Waals surface area (Å²) in [5.74, 6) is 0.0966. The van der Waals surface area contributed by atoms with Crippen LogP contribution in [0.2, 0.25) is 0 Å². The molecule has 2 aliphatic heterocycles. The molecule has 0 N–H and O–H groups in total. The molecular weight excluding hydrogens is 548 g/mol. The molecule has 3 aliphatic rings. The predicted molar refractivity (Wildman–Crippen MR) is 145 cm³/mol. The molecule has 0 radical (unpaired) electrons. The van der Waals surface area contributed by atoms with Crippen LogP contribution in [0.4, 0.5) is 0 Å². The van der Waals surface area contributed by atoms with Gasteiger partial charge >= 0.3 is 11.9 Å². The Kier molecular flexibility index (Phi) is 7.24. The van der Waals surface area contributed by atoms with Gasteiger partial charge in [0.1, 0.15) is 18.5 Å². The second-order valence-corrected chi connectivity index (χ2v) is 9.92. The zero-order chi connectivity index (χ0) is 29.4. The minimum Gasteiger partial charge on any atom is -0.493 e. The highest BCUT2D eigenvalue weighted by molar-refractivity contribution is 5.90. The molecule has 3 aromatic carbocycles. The maximum absolute atomic E-state index is 13.4. The van der Waals surface area contributed by atoms with E-state index in [9.17, 15) is 14.4 Å². The lowest BCUT2D eigenvalue weighted by Gasteiger charge is -2.38. The monoisotopic (exact) mass is 576 g/mol. The van der Waals surface area contributed by atoms with E-state index in [0.717, 1.165) is 11.1 Å². The summed E-state index contributed by atoms with van der Waals surface area (Å²) in [6.45, 7) is 0.0165. The van der Waals surface area contributed by atoms with Crippen LogP contribution in [-0.2, 0) is 19.1 Å². The maximum Gasteiger partial charge on any atom is 0.338 e. The first kappa shape index (κ1) is 27.3. The molecule has 0 amide bonds. The van der Waals surface area contributed by atoms with Crippen LogP contribution in [0.25, 0.3) is 0 Å². The maximum atomic E-state index is 13.4. The Labute approximate surface area is 241 Å². The van der Waals surface area contributed by atoms with Gasteiger partial charge in [-0.15, -0.1) is 0 Å². The van der Waals surface area contributed by atoms with Gasteiger partial charge in [-0.1, -0.05) is 0 Å². The van der Waals surface area contributed by atoms with Gasteiger partial charge in [0.25, 0.3) is 0 Å². The van der Waals surface area contributed by atoms with Gasteiger partial charge in [0.05, 0.1) is 39.4 Å². The largest absolute Gasteiger partial charge is 0.493 e. The standard InChI is InChI=1S/C31H28O11/c1-35-24-10-17(11-25(36-2)29(24)37-3)26-19-12-22-23(41-15-40-22)13-20(19)28(21-14-39-31(34)27(21)26)42-30(33)16-4-6-18(7-5-16)38-9-8-32/h4-8,10-13,21,26-28H,9,14-15H2,1-3H3/t21-,26?,27+,28?/m1/s1. The van der Waals surface area contributed by atoms with E-state index in [1.165, 1.54) is 21.3 Å². The highest BCUT2D eigenvalue weighted by Crippen LogP contribution is 2.56. The lowest BCUT2D eigenvalue weighted by molar-refractivity contribution is -0.141. The molecule has 1 fully saturated rings. The zero-order valence-electron chi connectivity index (χ0n) is 23.1. The molecular formula is C31H28O11. The Morgan fingerprint density at radius 2 is 1.57 bits per heavy atom. The molecule has 2 heterocycles. The van der Waals surface area contributed by atoms with E-state index in [4.69, 9.17) is 37.9 Å². The van der Waals surface area contributed by atoms with Crippen LogP contribution in [0.3, 0.4) is 0 Å². The van der Waals surface area contributed by atoms with Gasteiger partial charge in [0.15, 0.2) is 29.3 Å². The van der Waals surface area contributed by atoms with Gasteiger partial charge in [-0.3, -0.25) is 9.59 Å². The van der Waals surface area contributed by atoms with Crippen molar-refractivity contribution < 1.29 is 52.3 Å². The predicted octanol–water partition coefficient (Wildman–Crippen LogP) is 3.85. The molecule has 6 rings (SSSR count). The van der Waals surface area contributed by atoms with E-state index in [0.29, 0.717) is 46.3 Å². The first-order valence-electron chi connectivity index (χ1n) is 13.2. The van der Waals surface area contributed by atoms with Gasteiger partial charge in [-0.2, -0.15) is 0 Å². The number of esters is 2. The van der Waals surface area contributed by atoms with Crippen LogP contribution in [0.1, 0.15) is 39.1 Å². The van der Waals surface area contributed by atoms with Crippen LogP contribution >= 0.6 is 0 Å². The fraction of sp³-hybridized carbons (Fsp3) is 0.323. The summed E-state index contributed by atoms with van der Waals surface area (Å²) in [5, 5.41) is 0. The topological polar surface area (TPSA) is 125 Å². The van der Waals surface area contributed by atoms with E-state index in [1.807, 2.05) is 18.2 Å². The zero-order valence-corrected chi connectivity index (χ0v) is 23.1. The second-order valence-electron chi connectivity index (χ2n) is 9.92. The third-order valence-corrected chi connectivity index (χ3v) is 7.81. The molecule has 0 saturated carbocycles. The molecule has 2 unspecified atom stereocenters. The van der Waals surface area contributed by atoms with Crippen molar-refractivity contribution >= 4 is 18.2 Å². The SMILES string of the molecule is COc1cc(C2c3cc4c(cc3C(OC(=O)c3ccc(OCC=O)cc3)[C@@H]3COC(=O)[C@H]23)OCO4)cc(OC)c1OC. The minimum absolute atomic E-state index is 0.0466. The number of rotatable bonds is 9. The van der Waals surface area contributed by atoms with Crippen LogP contribution in [0.5, 0.6) is 34.5 Å². The average Bonchev–Trinajstić information content (AvgIpc) is 3.64. The highest BCUT2D eigenvalue weighted by atomic mass is 16.7. The van der Waals surface area contributed by atoms with Crippen LogP contribution in [0, 0.1) is 11.8 Å². The number of hydrogen-bond donors (Lipinski definition) is 0. The molecule has 218 valence electrons. The summed E-state index contributed by atoms with van der Waals surface area (Å²) < 4.78 is 45.1. The van der Waals surface area contributed by atoms with Crippen molar-refractivity contribution in [2.24, 2.45) is 11.8 Å². The highest BCUT2D eigenvalue weighted by Gasteiger charge is 2.54. The Morgan fingerprint density at radius 1 is 0.905 bits per heavy atom. The van der Waals surface area contributed by atoms with Crippen molar-refractivity contribution in [3.8, 4) is 34.5 Å². The van der Waals surface area contributed by atoms with Gasteiger partial charge in [-0.05, 0) is 59.7 Å². The lowest BCUT2D eigenvalue weighted by Crippen LogP contribution is -2.36. The molecule has 0 aromatic heterocycles. The molecule has 11 heteroatoms. The molecule has 4 atom stereocenters. The Hall–Kier alpha value is -4.93. The Balaban J connectivity index is 1.44. The van der Waals surface area contributed by atoms with Gasteiger partial charge in [-0.25, -0.2) is 4.79 Å². The smallest absolute Gasteiger partial charge is 0.338 e. The van der Waals surface area contributed by atoms with E-state index < -0.39 is 35.8 Å². The quantitative estimate of drug-likeness (QED) is 0.272. The summed E-state index contributed by atoms with van der Waals surface area (Å²) in [7, 11) is 4.57. The van der Waals surface area contributed by atoms with Crippen molar-refractivity contribution in [2.75, 3.05) is 41.3 Å². The molecule has 0 spiro atoms. The number of cyclic esters (lactones) is 1. The first-order valence-corrected chi connectivity index (χ1v) is 13.2. The fourth-order valence-electron chi connectivity index (χ4n) is 5.94. The van der Waals surface area contributed by atoms with Gasteiger partial charge < -0.3 is 37.9 Å². The third kappa shape index (κ3) is 4.60. The van der Waals surface area contributed by atoms with Crippen LogP contribution in [0.15, 0.2) is 48.5 Å². The van der Waals surface area contributed by atoms with Crippen molar-refractivity contribution in [1.82, 2.24) is 0 Å². The average molecular weight is 577 g/mol. The number of carbonyl (C=O) groups is 3. The summed E-state index contributed by atoms with van der Waals surface area (Å²) in [5.41, 5.74) is 2.42. The Morgan fingerprint density at radius 3 is 2.19 bits per heavy atom. The molecule has 1 saturated heterocycles. The van der Waals surface area contributed by atoms with Crippen molar-refractivity contribution in [2.45, 2.75) is 12.0 Å². The van der Waals surface area contributed by atoms with Crippen LogP contribution in [-0.4, -0.2) is 59.6 Å².